The molecule has 2 aromatic heterocycles. The van der Waals surface area contributed by atoms with E-state index in [1.807, 2.05) is 30.3 Å². The maximum Gasteiger partial charge on any atom is 0.235 e. The van der Waals surface area contributed by atoms with E-state index in [2.05, 4.69) is 34.4 Å². The zero-order valence-corrected chi connectivity index (χ0v) is 13.6. The average Bonchev–Trinajstić information content (AvgIpc) is 3.29. The molecule has 0 saturated heterocycles. The molecule has 2 aromatic carbocycles. The quantitative estimate of drug-likeness (QED) is 0.560. The summed E-state index contributed by atoms with van der Waals surface area (Å²) in [6.07, 6.45) is 0. The molecule has 5 rings (SSSR count). The summed E-state index contributed by atoms with van der Waals surface area (Å²) in [6.45, 7) is 2.32. The highest BCUT2D eigenvalue weighted by Crippen LogP contribution is 2.37. The van der Waals surface area contributed by atoms with Gasteiger partial charge in [0.15, 0.2) is 17.3 Å². The molecule has 7 heteroatoms. The van der Waals surface area contributed by atoms with Crippen molar-refractivity contribution in [3.63, 3.8) is 0 Å². The van der Waals surface area contributed by atoms with Crippen LogP contribution in [0.3, 0.4) is 0 Å². The molecule has 0 fully saturated rings. The van der Waals surface area contributed by atoms with E-state index >= 15 is 0 Å². The van der Waals surface area contributed by atoms with Crippen molar-refractivity contribution in [2.75, 3.05) is 6.79 Å². The second-order valence-corrected chi connectivity index (χ2v) is 6.52. The SMILES string of the molecule is Cc1cccc(-c2nnc3sc(-c4ccc5c(c4)OCO5)nn23)c1. The molecule has 0 atom stereocenters. The van der Waals surface area contributed by atoms with Gasteiger partial charge in [-0.2, -0.15) is 9.61 Å². The van der Waals surface area contributed by atoms with Gasteiger partial charge in [-0.1, -0.05) is 35.1 Å². The van der Waals surface area contributed by atoms with Crippen LogP contribution >= 0.6 is 11.3 Å². The molecule has 0 unspecified atom stereocenters. The first-order valence-corrected chi connectivity index (χ1v) is 8.29. The summed E-state index contributed by atoms with van der Waals surface area (Å²) in [5.74, 6) is 2.26. The molecule has 6 nitrogen and oxygen atoms in total. The van der Waals surface area contributed by atoms with Crippen molar-refractivity contribution in [2.24, 2.45) is 0 Å². The molecular weight excluding hydrogens is 324 g/mol. The first-order chi connectivity index (χ1) is 11.8. The minimum Gasteiger partial charge on any atom is -0.454 e. The van der Waals surface area contributed by atoms with Crippen molar-refractivity contribution in [1.29, 1.82) is 0 Å². The van der Waals surface area contributed by atoms with Crippen LogP contribution in [0.5, 0.6) is 11.5 Å². The zero-order valence-electron chi connectivity index (χ0n) is 12.8. The van der Waals surface area contributed by atoms with Crippen LogP contribution in [0.15, 0.2) is 42.5 Å². The van der Waals surface area contributed by atoms with E-state index in [0.717, 1.165) is 38.4 Å². The van der Waals surface area contributed by atoms with E-state index in [1.165, 1.54) is 16.9 Å². The molecule has 0 radical (unpaired) electrons. The standard InChI is InChI=1S/C17H12N4O2S/c1-10-3-2-4-11(7-10)15-18-19-17-21(15)20-16(24-17)12-5-6-13-14(8-12)23-9-22-13/h2-8H,9H2,1H3. The Labute approximate surface area is 141 Å². The number of ether oxygens (including phenoxy) is 2. The van der Waals surface area contributed by atoms with Crippen molar-refractivity contribution in [2.45, 2.75) is 6.92 Å². The number of hydrogen-bond acceptors (Lipinski definition) is 6. The molecule has 0 bridgehead atoms. The normalized spacial score (nSPS) is 12.9. The van der Waals surface area contributed by atoms with Crippen LogP contribution in [0.1, 0.15) is 5.56 Å². The molecule has 0 spiro atoms. The van der Waals surface area contributed by atoms with Gasteiger partial charge in [-0.3, -0.25) is 0 Å². The minimum absolute atomic E-state index is 0.265. The zero-order chi connectivity index (χ0) is 16.1. The van der Waals surface area contributed by atoms with Gasteiger partial charge in [-0.05, 0) is 31.2 Å². The van der Waals surface area contributed by atoms with Crippen molar-refractivity contribution in [3.8, 4) is 33.5 Å². The van der Waals surface area contributed by atoms with Gasteiger partial charge in [0, 0.05) is 11.1 Å². The Morgan fingerprint density at radius 3 is 2.83 bits per heavy atom. The fourth-order valence-corrected chi connectivity index (χ4v) is 3.56. The van der Waals surface area contributed by atoms with Crippen molar-refractivity contribution in [1.82, 2.24) is 19.8 Å². The number of nitrogens with zero attached hydrogens (tertiary/aromatic N) is 4. The van der Waals surface area contributed by atoms with Crippen molar-refractivity contribution >= 4 is 16.3 Å². The number of aromatic nitrogens is 4. The summed E-state index contributed by atoms with van der Waals surface area (Å²) in [4.78, 5) is 0.763. The average molecular weight is 336 g/mol. The van der Waals surface area contributed by atoms with E-state index in [1.54, 1.807) is 4.52 Å². The summed E-state index contributed by atoms with van der Waals surface area (Å²) in [5, 5.41) is 14.1. The molecule has 0 amide bonds. The third-order valence-corrected chi connectivity index (χ3v) is 4.83. The smallest absolute Gasteiger partial charge is 0.235 e. The maximum atomic E-state index is 5.44. The second kappa shape index (κ2) is 5.04. The number of hydrogen-bond donors (Lipinski definition) is 0. The summed E-state index contributed by atoms with van der Waals surface area (Å²) in [5.41, 5.74) is 3.16. The molecular formula is C17H12N4O2S. The Kier molecular flexibility index (Phi) is 2.83. The van der Waals surface area contributed by atoms with E-state index in [9.17, 15) is 0 Å². The Morgan fingerprint density at radius 2 is 1.92 bits per heavy atom. The fraction of sp³-hybridized carbons (Fsp3) is 0.118. The lowest BCUT2D eigenvalue weighted by molar-refractivity contribution is 0.174. The number of rotatable bonds is 2. The van der Waals surface area contributed by atoms with Gasteiger partial charge in [0.1, 0.15) is 5.01 Å². The first-order valence-electron chi connectivity index (χ1n) is 7.47. The van der Waals surface area contributed by atoms with Crippen LogP contribution in [0.25, 0.3) is 26.9 Å². The van der Waals surface area contributed by atoms with E-state index < -0.39 is 0 Å². The monoisotopic (exact) mass is 336 g/mol. The van der Waals surface area contributed by atoms with Gasteiger partial charge in [-0.25, -0.2) is 0 Å². The van der Waals surface area contributed by atoms with E-state index in [0.29, 0.717) is 0 Å². The molecule has 118 valence electrons. The van der Waals surface area contributed by atoms with Gasteiger partial charge in [0.05, 0.1) is 0 Å². The van der Waals surface area contributed by atoms with E-state index in [4.69, 9.17) is 9.47 Å². The molecule has 1 aliphatic heterocycles. The Balaban J connectivity index is 1.62. The van der Waals surface area contributed by atoms with Crippen LogP contribution < -0.4 is 9.47 Å². The van der Waals surface area contributed by atoms with Gasteiger partial charge in [0.25, 0.3) is 0 Å². The summed E-state index contributed by atoms with van der Waals surface area (Å²) < 4.78 is 12.6. The Hall–Kier alpha value is -2.93. The van der Waals surface area contributed by atoms with Crippen LogP contribution in [0.4, 0.5) is 0 Å². The van der Waals surface area contributed by atoms with Crippen LogP contribution in [0.2, 0.25) is 0 Å². The molecule has 4 aromatic rings. The van der Waals surface area contributed by atoms with Gasteiger partial charge in [0.2, 0.25) is 11.8 Å². The summed E-state index contributed by atoms with van der Waals surface area (Å²) in [7, 11) is 0. The Morgan fingerprint density at radius 1 is 1.00 bits per heavy atom. The number of benzene rings is 2. The lowest BCUT2D eigenvalue weighted by Crippen LogP contribution is -1.93. The van der Waals surface area contributed by atoms with Gasteiger partial charge < -0.3 is 9.47 Å². The lowest BCUT2D eigenvalue weighted by Gasteiger charge is -2.00. The minimum atomic E-state index is 0.265. The highest BCUT2D eigenvalue weighted by atomic mass is 32.1. The second-order valence-electron chi connectivity index (χ2n) is 5.56. The maximum absolute atomic E-state index is 5.44. The highest BCUT2D eigenvalue weighted by molar-refractivity contribution is 7.19. The topological polar surface area (TPSA) is 61.5 Å². The highest BCUT2D eigenvalue weighted by Gasteiger charge is 2.18. The third-order valence-electron chi connectivity index (χ3n) is 3.89. The number of fused-ring (bicyclic) bond motifs is 2. The van der Waals surface area contributed by atoms with Gasteiger partial charge in [-0.15, -0.1) is 10.2 Å². The number of aryl methyl sites for hydroxylation is 1. The molecule has 1 aliphatic rings. The van der Waals surface area contributed by atoms with Crippen molar-refractivity contribution in [3.05, 3.63) is 48.0 Å². The Bertz CT molecular complexity index is 1070. The molecule has 0 saturated carbocycles. The van der Waals surface area contributed by atoms with Crippen LogP contribution in [-0.4, -0.2) is 26.6 Å². The molecule has 0 N–H and O–H groups in total. The largest absolute Gasteiger partial charge is 0.454 e. The lowest BCUT2D eigenvalue weighted by atomic mass is 10.1. The molecule has 0 aliphatic carbocycles. The van der Waals surface area contributed by atoms with Crippen LogP contribution in [0, 0.1) is 6.92 Å². The van der Waals surface area contributed by atoms with Crippen LogP contribution in [-0.2, 0) is 0 Å². The summed E-state index contributed by atoms with van der Waals surface area (Å²) >= 11 is 1.50. The van der Waals surface area contributed by atoms with E-state index in [-0.39, 0.29) is 6.79 Å². The predicted molar refractivity (Wildman–Crippen MR) is 90.4 cm³/mol. The van der Waals surface area contributed by atoms with Gasteiger partial charge >= 0.3 is 0 Å². The summed E-state index contributed by atoms with van der Waals surface area (Å²) in [6, 6.07) is 14.0. The third kappa shape index (κ3) is 2.05. The first kappa shape index (κ1) is 13.5. The molecule has 3 heterocycles. The fourth-order valence-electron chi connectivity index (χ4n) is 2.73. The van der Waals surface area contributed by atoms with Crippen molar-refractivity contribution < 1.29 is 9.47 Å². The molecule has 24 heavy (non-hydrogen) atoms. The predicted octanol–water partition coefficient (Wildman–Crippen LogP) is 3.56.